The molecule has 0 saturated heterocycles. The number of nitrogens with one attached hydrogen (secondary N) is 1. The van der Waals surface area contributed by atoms with Crippen molar-refractivity contribution in [3.05, 3.63) is 59.2 Å². The molecule has 0 aliphatic carbocycles. The minimum absolute atomic E-state index is 0.0433. The number of rotatable bonds is 5. The molecule has 3 heteroatoms. The molecule has 0 unspecified atom stereocenters. The van der Waals surface area contributed by atoms with Gasteiger partial charge >= 0.3 is 0 Å². The van der Waals surface area contributed by atoms with E-state index < -0.39 is 0 Å². The predicted octanol–water partition coefficient (Wildman–Crippen LogP) is 5.16. The maximum atomic E-state index is 12.2. The molecule has 2 rings (SSSR count). The summed E-state index contributed by atoms with van der Waals surface area (Å²) in [6.45, 7) is 8.39. The number of carbonyl (C=O) groups excluding carboxylic acids is 1. The average molecular weight is 313 g/mol. The van der Waals surface area contributed by atoms with Gasteiger partial charge in [-0.2, -0.15) is 0 Å². The Labute approximate surface area is 137 Å². The zero-order valence-electron chi connectivity index (χ0n) is 13.6. The number of carbonyl (C=O) groups is 1. The molecule has 1 amide bonds. The number of amides is 1. The van der Waals surface area contributed by atoms with Crippen LogP contribution in [0.2, 0.25) is 0 Å². The van der Waals surface area contributed by atoms with Gasteiger partial charge in [0.1, 0.15) is 0 Å². The van der Waals surface area contributed by atoms with Crippen molar-refractivity contribution < 1.29 is 4.79 Å². The van der Waals surface area contributed by atoms with Gasteiger partial charge in [-0.15, -0.1) is 11.8 Å². The van der Waals surface area contributed by atoms with Crippen molar-refractivity contribution >= 4 is 23.4 Å². The molecule has 0 fully saturated rings. The fourth-order valence-electron chi connectivity index (χ4n) is 2.30. The highest BCUT2D eigenvalue weighted by Gasteiger charge is 2.12. The monoisotopic (exact) mass is 313 g/mol. The summed E-state index contributed by atoms with van der Waals surface area (Å²) in [5.41, 5.74) is 4.50. The number of para-hydroxylation sites is 1. The van der Waals surface area contributed by atoms with Crippen LogP contribution >= 0.6 is 11.8 Å². The van der Waals surface area contributed by atoms with Crippen LogP contribution in [0.1, 0.15) is 36.5 Å². The minimum atomic E-state index is 0.0433. The van der Waals surface area contributed by atoms with Crippen LogP contribution in [-0.4, -0.2) is 11.7 Å². The lowest BCUT2D eigenvalue weighted by molar-refractivity contribution is -0.113. The standard InChI is InChI=1S/C19H23NOS/c1-13(2)17-7-5-6-15(4)19(17)20-18(21)12-22-16-10-8-14(3)9-11-16/h5-11,13H,12H2,1-4H3,(H,20,21). The van der Waals surface area contributed by atoms with Crippen molar-refractivity contribution in [3.8, 4) is 0 Å². The highest BCUT2D eigenvalue weighted by molar-refractivity contribution is 8.00. The maximum Gasteiger partial charge on any atom is 0.234 e. The van der Waals surface area contributed by atoms with Crippen molar-refractivity contribution in [1.82, 2.24) is 0 Å². The van der Waals surface area contributed by atoms with E-state index in [1.807, 2.05) is 19.1 Å². The van der Waals surface area contributed by atoms with E-state index in [1.54, 1.807) is 11.8 Å². The summed E-state index contributed by atoms with van der Waals surface area (Å²) in [5, 5.41) is 3.08. The van der Waals surface area contributed by atoms with Crippen LogP contribution in [0.4, 0.5) is 5.69 Å². The Morgan fingerprint density at radius 1 is 1.09 bits per heavy atom. The van der Waals surface area contributed by atoms with Crippen LogP contribution < -0.4 is 5.32 Å². The minimum Gasteiger partial charge on any atom is -0.325 e. The fourth-order valence-corrected chi connectivity index (χ4v) is 3.00. The second-order valence-corrected chi connectivity index (χ2v) is 6.89. The molecule has 22 heavy (non-hydrogen) atoms. The Morgan fingerprint density at radius 3 is 2.41 bits per heavy atom. The second-order valence-electron chi connectivity index (χ2n) is 5.84. The fraction of sp³-hybridized carbons (Fsp3) is 0.316. The molecule has 2 aromatic rings. The molecule has 0 radical (unpaired) electrons. The number of hydrogen-bond acceptors (Lipinski definition) is 2. The summed E-state index contributed by atoms with van der Waals surface area (Å²) in [4.78, 5) is 13.4. The number of anilines is 1. The van der Waals surface area contributed by atoms with Gasteiger partial charge in [0, 0.05) is 10.6 Å². The molecule has 0 aromatic heterocycles. The lowest BCUT2D eigenvalue weighted by atomic mass is 9.98. The molecular weight excluding hydrogens is 290 g/mol. The molecule has 0 aliphatic rings. The van der Waals surface area contributed by atoms with Crippen LogP contribution in [-0.2, 0) is 4.79 Å². The molecule has 0 atom stereocenters. The van der Waals surface area contributed by atoms with Crippen LogP contribution in [0.5, 0.6) is 0 Å². The van der Waals surface area contributed by atoms with Gasteiger partial charge in [-0.3, -0.25) is 4.79 Å². The molecule has 0 saturated carbocycles. The van der Waals surface area contributed by atoms with Crippen molar-refractivity contribution in [3.63, 3.8) is 0 Å². The number of aryl methyl sites for hydroxylation is 2. The third-order valence-electron chi connectivity index (χ3n) is 3.58. The van der Waals surface area contributed by atoms with Gasteiger partial charge in [0.15, 0.2) is 0 Å². The van der Waals surface area contributed by atoms with Gasteiger partial charge in [-0.05, 0) is 43.0 Å². The van der Waals surface area contributed by atoms with Gasteiger partial charge in [0.25, 0.3) is 0 Å². The van der Waals surface area contributed by atoms with Gasteiger partial charge in [-0.25, -0.2) is 0 Å². The molecule has 2 aromatic carbocycles. The SMILES string of the molecule is Cc1ccc(SCC(=O)Nc2c(C)cccc2C(C)C)cc1. The number of thioether (sulfide) groups is 1. The zero-order chi connectivity index (χ0) is 16.1. The first kappa shape index (κ1) is 16.6. The Morgan fingerprint density at radius 2 is 1.77 bits per heavy atom. The highest BCUT2D eigenvalue weighted by Crippen LogP contribution is 2.28. The van der Waals surface area contributed by atoms with E-state index in [9.17, 15) is 4.79 Å². The highest BCUT2D eigenvalue weighted by atomic mass is 32.2. The second kappa shape index (κ2) is 7.50. The summed E-state index contributed by atoms with van der Waals surface area (Å²) in [7, 11) is 0. The van der Waals surface area contributed by atoms with Crippen LogP contribution in [0, 0.1) is 13.8 Å². The van der Waals surface area contributed by atoms with Gasteiger partial charge in [0.2, 0.25) is 5.91 Å². The van der Waals surface area contributed by atoms with Crippen LogP contribution in [0.15, 0.2) is 47.4 Å². The molecule has 0 heterocycles. The smallest absolute Gasteiger partial charge is 0.234 e. The molecule has 116 valence electrons. The quantitative estimate of drug-likeness (QED) is 0.773. The van der Waals surface area contributed by atoms with E-state index in [-0.39, 0.29) is 5.91 Å². The Bertz CT molecular complexity index is 647. The van der Waals surface area contributed by atoms with Gasteiger partial charge < -0.3 is 5.32 Å². The first-order valence-corrected chi connectivity index (χ1v) is 8.54. The first-order chi connectivity index (χ1) is 10.5. The van der Waals surface area contributed by atoms with Gasteiger partial charge in [0.05, 0.1) is 5.75 Å². The average Bonchev–Trinajstić information content (AvgIpc) is 2.48. The summed E-state index contributed by atoms with van der Waals surface area (Å²) in [6.07, 6.45) is 0. The third-order valence-corrected chi connectivity index (χ3v) is 4.59. The zero-order valence-corrected chi connectivity index (χ0v) is 14.5. The van der Waals surface area contributed by atoms with E-state index in [4.69, 9.17) is 0 Å². The van der Waals surface area contributed by atoms with Crippen molar-refractivity contribution in [2.24, 2.45) is 0 Å². The van der Waals surface area contributed by atoms with Crippen molar-refractivity contribution in [2.75, 3.05) is 11.1 Å². The van der Waals surface area contributed by atoms with E-state index in [0.29, 0.717) is 11.7 Å². The topological polar surface area (TPSA) is 29.1 Å². The maximum absolute atomic E-state index is 12.2. The molecule has 1 N–H and O–H groups in total. The van der Waals surface area contributed by atoms with Crippen molar-refractivity contribution in [1.29, 1.82) is 0 Å². The largest absolute Gasteiger partial charge is 0.325 e. The van der Waals surface area contributed by atoms with E-state index in [1.165, 1.54) is 11.1 Å². The molecular formula is C19H23NOS. The van der Waals surface area contributed by atoms with Crippen molar-refractivity contribution in [2.45, 2.75) is 38.5 Å². The summed E-state index contributed by atoms with van der Waals surface area (Å²) >= 11 is 1.56. The Kier molecular flexibility index (Phi) is 5.67. The van der Waals surface area contributed by atoms with Gasteiger partial charge in [-0.1, -0.05) is 49.7 Å². The molecule has 2 nitrogen and oxygen atoms in total. The molecule has 0 aliphatic heterocycles. The van der Waals surface area contributed by atoms with Crippen LogP contribution in [0.25, 0.3) is 0 Å². The first-order valence-electron chi connectivity index (χ1n) is 7.56. The Balaban J connectivity index is 2.02. The van der Waals surface area contributed by atoms with E-state index >= 15 is 0 Å². The lowest BCUT2D eigenvalue weighted by Crippen LogP contribution is -2.16. The molecule has 0 bridgehead atoms. The number of hydrogen-bond donors (Lipinski definition) is 1. The summed E-state index contributed by atoms with van der Waals surface area (Å²) < 4.78 is 0. The Hall–Kier alpha value is -1.74. The predicted molar refractivity (Wildman–Crippen MR) is 95.8 cm³/mol. The van der Waals surface area contributed by atoms with E-state index in [0.717, 1.165) is 16.1 Å². The van der Waals surface area contributed by atoms with Crippen LogP contribution in [0.3, 0.4) is 0 Å². The molecule has 0 spiro atoms. The summed E-state index contributed by atoms with van der Waals surface area (Å²) in [5.74, 6) is 0.858. The third kappa shape index (κ3) is 4.38. The van der Waals surface area contributed by atoms with E-state index in [2.05, 4.69) is 56.4 Å². The normalized spacial score (nSPS) is 10.8. The lowest BCUT2D eigenvalue weighted by Gasteiger charge is -2.16. The number of benzene rings is 2. The summed E-state index contributed by atoms with van der Waals surface area (Å²) in [6, 6.07) is 14.4.